The van der Waals surface area contributed by atoms with E-state index < -0.39 is 0 Å². The molecule has 0 aliphatic carbocycles. The molecule has 1 aliphatic rings. The van der Waals surface area contributed by atoms with Gasteiger partial charge in [0.15, 0.2) is 11.5 Å². The molecule has 18 heavy (non-hydrogen) atoms. The van der Waals surface area contributed by atoms with Crippen molar-refractivity contribution >= 4 is 11.8 Å². The molecule has 0 radical (unpaired) electrons. The summed E-state index contributed by atoms with van der Waals surface area (Å²) in [7, 11) is 0. The molecule has 4 heteroatoms. The van der Waals surface area contributed by atoms with Crippen molar-refractivity contribution in [2.24, 2.45) is 11.7 Å². The van der Waals surface area contributed by atoms with E-state index in [1.54, 1.807) is 0 Å². The maximum absolute atomic E-state index is 6.20. The van der Waals surface area contributed by atoms with Crippen LogP contribution in [0.2, 0.25) is 0 Å². The van der Waals surface area contributed by atoms with Gasteiger partial charge < -0.3 is 15.2 Å². The first-order chi connectivity index (χ1) is 8.70. The monoisotopic (exact) mass is 267 g/mol. The fourth-order valence-corrected chi connectivity index (χ4v) is 2.97. The zero-order valence-electron chi connectivity index (χ0n) is 11.0. The van der Waals surface area contributed by atoms with Gasteiger partial charge in [0.25, 0.3) is 0 Å². The van der Waals surface area contributed by atoms with Crippen LogP contribution in [0.5, 0.6) is 11.5 Å². The van der Waals surface area contributed by atoms with E-state index in [9.17, 15) is 0 Å². The topological polar surface area (TPSA) is 44.5 Å². The molecule has 2 unspecified atom stereocenters. The third kappa shape index (κ3) is 3.33. The van der Waals surface area contributed by atoms with Gasteiger partial charge in [-0.1, -0.05) is 26.3 Å². The first kappa shape index (κ1) is 13.6. The largest absolute Gasteiger partial charge is 0.454 e. The van der Waals surface area contributed by atoms with E-state index >= 15 is 0 Å². The van der Waals surface area contributed by atoms with Crippen LogP contribution >= 0.6 is 11.8 Å². The van der Waals surface area contributed by atoms with Gasteiger partial charge in [0, 0.05) is 11.8 Å². The first-order valence-corrected chi connectivity index (χ1v) is 7.59. The lowest BCUT2D eigenvalue weighted by Gasteiger charge is -2.14. The van der Waals surface area contributed by atoms with E-state index in [0.29, 0.717) is 6.79 Å². The Morgan fingerprint density at radius 2 is 2.06 bits per heavy atom. The predicted molar refractivity (Wildman–Crippen MR) is 76.3 cm³/mol. The Labute approximate surface area is 113 Å². The van der Waals surface area contributed by atoms with E-state index in [0.717, 1.165) is 28.7 Å². The molecule has 1 aromatic rings. The van der Waals surface area contributed by atoms with Crippen molar-refractivity contribution in [1.29, 1.82) is 0 Å². The van der Waals surface area contributed by atoms with Gasteiger partial charge >= 0.3 is 0 Å². The number of rotatable bonds is 6. The Bertz CT molecular complexity index is 397. The van der Waals surface area contributed by atoms with Gasteiger partial charge in [0.1, 0.15) is 0 Å². The summed E-state index contributed by atoms with van der Waals surface area (Å²) in [6.07, 6.45) is 1.23. The minimum atomic E-state index is 0.0635. The molecular formula is C14H21NO2S. The molecule has 1 aromatic carbocycles. The maximum Gasteiger partial charge on any atom is 0.231 e. The zero-order chi connectivity index (χ0) is 13.0. The van der Waals surface area contributed by atoms with Crippen LogP contribution in [0.1, 0.15) is 31.9 Å². The van der Waals surface area contributed by atoms with E-state index in [4.69, 9.17) is 15.2 Å². The Morgan fingerprint density at radius 3 is 2.83 bits per heavy atom. The van der Waals surface area contributed by atoms with Gasteiger partial charge in [-0.2, -0.15) is 11.8 Å². The number of hydrogen-bond acceptors (Lipinski definition) is 4. The summed E-state index contributed by atoms with van der Waals surface area (Å²) < 4.78 is 10.7. The number of nitrogens with two attached hydrogens (primary N) is 1. The van der Waals surface area contributed by atoms with Crippen LogP contribution in [0.15, 0.2) is 18.2 Å². The lowest BCUT2D eigenvalue weighted by atomic mass is 10.1. The van der Waals surface area contributed by atoms with Crippen molar-refractivity contribution < 1.29 is 9.47 Å². The summed E-state index contributed by atoms with van der Waals surface area (Å²) in [6, 6.07) is 6.03. The third-order valence-corrected chi connectivity index (χ3v) is 4.62. The average Bonchev–Trinajstić information content (AvgIpc) is 2.85. The molecule has 2 rings (SSSR count). The standard InChI is InChI=1S/C14H21NO2S/c1-3-10(2)7-18-8-12(15)11-4-5-13-14(6-11)17-9-16-13/h4-6,10,12H,3,7-9,15H2,1-2H3. The molecule has 2 atom stereocenters. The van der Waals surface area contributed by atoms with Crippen molar-refractivity contribution in [3.8, 4) is 11.5 Å². The van der Waals surface area contributed by atoms with Crippen LogP contribution < -0.4 is 15.2 Å². The van der Waals surface area contributed by atoms with Gasteiger partial charge in [0.2, 0.25) is 6.79 Å². The number of benzene rings is 1. The summed E-state index contributed by atoms with van der Waals surface area (Å²) in [4.78, 5) is 0. The number of thioether (sulfide) groups is 1. The summed E-state index contributed by atoms with van der Waals surface area (Å²) >= 11 is 1.93. The van der Waals surface area contributed by atoms with E-state index in [-0.39, 0.29) is 6.04 Å². The van der Waals surface area contributed by atoms with Crippen molar-refractivity contribution in [2.75, 3.05) is 18.3 Å². The van der Waals surface area contributed by atoms with Crippen molar-refractivity contribution in [2.45, 2.75) is 26.3 Å². The molecule has 0 bridgehead atoms. The highest BCUT2D eigenvalue weighted by atomic mass is 32.2. The molecule has 2 N–H and O–H groups in total. The molecular weight excluding hydrogens is 246 g/mol. The van der Waals surface area contributed by atoms with Gasteiger partial charge in [-0.25, -0.2) is 0 Å². The van der Waals surface area contributed by atoms with Gasteiger partial charge in [-0.15, -0.1) is 0 Å². The second-order valence-corrected chi connectivity index (χ2v) is 5.84. The molecule has 0 spiro atoms. The summed E-state index contributed by atoms with van der Waals surface area (Å²) in [5, 5.41) is 0. The molecule has 100 valence electrons. The molecule has 0 amide bonds. The lowest BCUT2D eigenvalue weighted by molar-refractivity contribution is 0.174. The smallest absolute Gasteiger partial charge is 0.231 e. The molecule has 3 nitrogen and oxygen atoms in total. The third-order valence-electron chi connectivity index (χ3n) is 3.22. The highest BCUT2D eigenvalue weighted by molar-refractivity contribution is 7.99. The van der Waals surface area contributed by atoms with E-state index in [2.05, 4.69) is 13.8 Å². The van der Waals surface area contributed by atoms with Crippen molar-refractivity contribution in [1.82, 2.24) is 0 Å². The zero-order valence-corrected chi connectivity index (χ0v) is 11.8. The number of fused-ring (bicyclic) bond motifs is 1. The molecule has 0 fully saturated rings. The van der Waals surface area contributed by atoms with Crippen LogP contribution in [-0.4, -0.2) is 18.3 Å². The van der Waals surface area contributed by atoms with Crippen molar-refractivity contribution in [3.05, 3.63) is 23.8 Å². The van der Waals surface area contributed by atoms with E-state index in [1.165, 1.54) is 12.2 Å². The fourth-order valence-electron chi connectivity index (χ4n) is 1.75. The van der Waals surface area contributed by atoms with Crippen molar-refractivity contribution in [3.63, 3.8) is 0 Å². The molecule has 1 heterocycles. The molecule has 0 aromatic heterocycles. The van der Waals surface area contributed by atoms with Crippen LogP contribution in [0.4, 0.5) is 0 Å². The average molecular weight is 267 g/mol. The SMILES string of the molecule is CCC(C)CSCC(N)c1ccc2c(c1)OCO2. The summed E-state index contributed by atoms with van der Waals surface area (Å²) in [5.74, 6) is 4.52. The quantitative estimate of drug-likeness (QED) is 0.859. The number of hydrogen-bond donors (Lipinski definition) is 1. The Hall–Kier alpha value is -0.870. The second-order valence-electron chi connectivity index (χ2n) is 4.77. The summed E-state index contributed by atoms with van der Waals surface area (Å²) in [5.41, 5.74) is 7.32. The highest BCUT2D eigenvalue weighted by Gasteiger charge is 2.16. The molecule has 0 saturated carbocycles. The minimum absolute atomic E-state index is 0.0635. The Kier molecular flexibility index (Phi) is 4.78. The Morgan fingerprint density at radius 1 is 1.28 bits per heavy atom. The van der Waals surface area contributed by atoms with Gasteiger partial charge in [-0.3, -0.25) is 0 Å². The van der Waals surface area contributed by atoms with Gasteiger partial charge in [0.05, 0.1) is 0 Å². The van der Waals surface area contributed by atoms with Crippen LogP contribution in [-0.2, 0) is 0 Å². The van der Waals surface area contributed by atoms with Crippen LogP contribution in [0.3, 0.4) is 0 Å². The fraction of sp³-hybridized carbons (Fsp3) is 0.571. The second kappa shape index (κ2) is 6.34. The summed E-state index contributed by atoms with van der Waals surface area (Å²) in [6.45, 7) is 4.82. The maximum atomic E-state index is 6.20. The van der Waals surface area contributed by atoms with Crippen LogP contribution in [0, 0.1) is 5.92 Å². The van der Waals surface area contributed by atoms with Gasteiger partial charge in [-0.05, 0) is 29.4 Å². The first-order valence-electron chi connectivity index (χ1n) is 6.43. The predicted octanol–water partition coefficient (Wildman–Crippen LogP) is 3.19. The van der Waals surface area contributed by atoms with E-state index in [1.807, 2.05) is 30.0 Å². The highest BCUT2D eigenvalue weighted by Crippen LogP contribution is 2.34. The minimum Gasteiger partial charge on any atom is -0.454 e. The normalized spacial score (nSPS) is 16.6. The number of ether oxygens (including phenoxy) is 2. The lowest BCUT2D eigenvalue weighted by Crippen LogP contribution is -2.14. The Balaban J connectivity index is 1.87. The molecule has 0 saturated heterocycles. The van der Waals surface area contributed by atoms with Crippen LogP contribution in [0.25, 0.3) is 0 Å². The molecule has 1 aliphatic heterocycles.